The second kappa shape index (κ2) is 4.61. The zero-order valence-corrected chi connectivity index (χ0v) is 10.1. The van der Waals surface area contributed by atoms with Crippen LogP contribution in [0.2, 0.25) is 0 Å². The molecule has 1 heterocycles. The van der Waals surface area contributed by atoms with Crippen LogP contribution in [0.25, 0.3) is 0 Å². The third-order valence-electron chi connectivity index (χ3n) is 2.24. The molecule has 0 radical (unpaired) electrons. The first-order valence-corrected chi connectivity index (χ1v) is 6.55. The van der Waals surface area contributed by atoms with Crippen LogP contribution in [-0.4, -0.2) is 37.8 Å². The number of carbonyl (C=O) groups is 1. The summed E-state index contributed by atoms with van der Waals surface area (Å²) in [6.45, 7) is 1.34. The summed E-state index contributed by atoms with van der Waals surface area (Å²) in [5, 5.41) is -1.11. The highest BCUT2D eigenvalue weighted by atomic mass is 32.2. The Labute approximate surface area is 94.4 Å². The van der Waals surface area contributed by atoms with Crippen LogP contribution in [0.15, 0.2) is 18.3 Å². The quantitative estimate of drug-likeness (QED) is 0.728. The van der Waals surface area contributed by atoms with Crippen molar-refractivity contribution in [2.75, 3.05) is 13.4 Å². The van der Waals surface area contributed by atoms with E-state index in [2.05, 4.69) is 4.98 Å². The van der Waals surface area contributed by atoms with E-state index >= 15 is 0 Å². The van der Waals surface area contributed by atoms with E-state index in [1.54, 1.807) is 12.1 Å². The van der Waals surface area contributed by atoms with E-state index in [0.29, 0.717) is 0 Å². The number of ether oxygens (including phenoxy) is 1. The molecular formula is C10H13NO4S. The molecule has 0 saturated carbocycles. The summed E-state index contributed by atoms with van der Waals surface area (Å²) < 4.78 is 27.5. The SMILES string of the molecule is COc1cccnc1C(=O)C(C)S(C)(=O)=O. The van der Waals surface area contributed by atoms with Crippen molar-refractivity contribution in [1.29, 1.82) is 0 Å². The largest absolute Gasteiger partial charge is 0.494 e. The molecule has 16 heavy (non-hydrogen) atoms. The van der Waals surface area contributed by atoms with Gasteiger partial charge in [-0.3, -0.25) is 4.79 Å². The summed E-state index contributed by atoms with van der Waals surface area (Å²) in [4.78, 5) is 15.7. The van der Waals surface area contributed by atoms with Crippen LogP contribution in [-0.2, 0) is 9.84 Å². The standard InChI is InChI=1S/C10H13NO4S/c1-7(16(3,13)14)10(12)9-8(15-2)5-4-6-11-9/h4-7H,1-3H3. The van der Waals surface area contributed by atoms with E-state index in [9.17, 15) is 13.2 Å². The van der Waals surface area contributed by atoms with Gasteiger partial charge in [0.2, 0.25) is 5.78 Å². The average molecular weight is 243 g/mol. The van der Waals surface area contributed by atoms with Gasteiger partial charge in [-0.15, -0.1) is 0 Å². The highest BCUT2D eigenvalue weighted by molar-refractivity contribution is 7.92. The van der Waals surface area contributed by atoms with Gasteiger partial charge in [0, 0.05) is 12.5 Å². The number of aromatic nitrogens is 1. The number of Topliss-reactive ketones (excluding diaryl/α,β-unsaturated/α-hetero) is 1. The lowest BCUT2D eigenvalue weighted by atomic mass is 10.2. The van der Waals surface area contributed by atoms with Crippen molar-refractivity contribution in [2.45, 2.75) is 12.2 Å². The molecule has 0 aliphatic carbocycles. The highest BCUT2D eigenvalue weighted by Gasteiger charge is 2.27. The molecule has 0 amide bonds. The molecule has 1 aromatic rings. The monoisotopic (exact) mass is 243 g/mol. The summed E-state index contributed by atoms with van der Waals surface area (Å²) in [7, 11) is -2.02. The van der Waals surface area contributed by atoms with Gasteiger partial charge in [0.25, 0.3) is 0 Å². The van der Waals surface area contributed by atoms with Gasteiger partial charge in [0.05, 0.1) is 7.11 Å². The van der Waals surface area contributed by atoms with E-state index in [1.165, 1.54) is 20.2 Å². The number of ketones is 1. The van der Waals surface area contributed by atoms with Gasteiger partial charge >= 0.3 is 0 Å². The molecule has 1 unspecified atom stereocenters. The van der Waals surface area contributed by atoms with Gasteiger partial charge in [0.1, 0.15) is 16.7 Å². The van der Waals surface area contributed by atoms with Crippen molar-refractivity contribution in [2.24, 2.45) is 0 Å². The van der Waals surface area contributed by atoms with Crippen molar-refractivity contribution >= 4 is 15.6 Å². The number of pyridine rings is 1. The second-order valence-electron chi connectivity index (χ2n) is 3.39. The number of hydrogen-bond acceptors (Lipinski definition) is 5. The molecule has 6 heteroatoms. The average Bonchev–Trinajstić information content (AvgIpc) is 2.25. The molecule has 0 fully saturated rings. The first-order valence-electron chi connectivity index (χ1n) is 4.60. The van der Waals surface area contributed by atoms with E-state index in [0.717, 1.165) is 6.26 Å². The van der Waals surface area contributed by atoms with Crippen LogP contribution < -0.4 is 4.74 Å². The molecule has 0 aliphatic rings. The predicted molar refractivity (Wildman–Crippen MR) is 59.4 cm³/mol. The number of carbonyl (C=O) groups excluding carboxylic acids is 1. The van der Waals surface area contributed by atoms with Crippen molar-refractivity contribution in [3.8, 4) is 5.75 Å². The molecule has 0 bridgehead atoms. The topological polar surface area (TPSA) is 73.3 Å². The van der Waals surface area contributed by atoms with Gasteiger partial charge in [-0.1, -0.05) is 0 Å². The molecule has 0 aromatic carbocycles. The fourth-order valence-electron chi connectivity index (χ4n) is 1.13. The van der Waals surface area contributed by atoms with Crippen LogP contribution >= 0.6 is 0 Å². The van der Waals surface area contributed by atoms with E-state index < -0.39 is 20.9 Å². The lowest BCUT2D eigenvalue weighted by molar-refractivity contribution is 0.0983. The summed E-state index contributed by atoms with van der Waals surface area (Å²) >= 11 is 0. The molecule has 88 valence electrons. The summed E-state index contributed by atoms with van der Waals surface area (Å²) in [5.41, 5.74) is 0.0444. The van der Waals surface area contributed by atoms with Crippen molar-refractivity contribution in [3.63, 3.8) is 0 Å². The van der Waals surface area contributed by atoms with E-state index in [-0.39, 0.29) is 11.4 Å². The minimum absolute atomic E-state index is 0.0444. The fourth-order valence-corrected chi connectivity index (χ4v) is 1.63. The third kappa shape index (κ3) is 2.57. The maximum Gasteiger partial charge on any atom is 0.202 e. The Morgan fingerprint density at radius 2 is 2.12 bits per heavy atom. The van der Waals surface area contributed by atoms with Crippen LogP contribution in [0.1, 0.15) is 17.4 Å². The Kier molecular flexibility index (Phi) is 3.64. The minimum Gasteiger partial charge on any atom is -0.494 e. The van der Waals surface area contributed by atoms with Crippen molar-refractivity contribution in [1.82, 2.24) is 4.98 Å². The molecule has 0 spiro atoms. The molecule has 1 aromatic heterocycles. The fraction of sp³-hybridized carbons (Fsp3) is 0.400. The molecule has 5 nitrogen and oxygen atoms in total. The Hall–Kier alpha value is -1.43. The number of nitrogens with zero attached hydrogens (tertiary/aromatic N) is 1. The summed E-state index contributed by atoms with van der Waals surface area (Å²) in [5.74, 6) is -0.275. The minimum atomic E-state index is -3.42. The first-order chi connectivity index (χ1) is 7.38. The van der Waals surface area contributed by atoms with Crippen LogP contribution in [0.3, 0.4) is 0 Å². The molecule has 1 rings (SSSR count). The molecule has 1 atom stereocenters. The predicted octanol–water partition coefficient (Wildman–Crippen LogP) is 0.706. The molecule has 0 N–H and O–H groups in total. The van der Waals surface area contributed by atoms with Crippen LogP contribution in [0.4, 0.5) is 0 Å². The Bertz CT molecular complexity index is 495. The lowest BCUT2D eigenvalue weighted by Crippen LogP contribution is -2.27. The number of sulfone groups is 1. The maximum absolute atomic E-state index is 11.8. The van der Waals surface area contributed by atoms with Crippen LogP contribution in [0, 0.1) is 0 Å². The Balaban J connectivity index is 3.15. The van der Waals surface area contributed by atoms with E-state index in [1.807, 2.05) is 0 Å². The zero-order chi connectivity index (χ0) is 12.3. The summed E-state index contributed by atoms with van der Waals surface area (Å²) in [6, 6.07) is 3.18. The smallest absolute Gasteiger partial charge is 0.202 e. The van der Waals surface area contributed by atoms with Gasteiger partial charge in [0.15, 0.2) is 9.84 Å². The Morgan fingerprint density at radius 3 is 2.62 bits per heavy atom. The Morgan fingerprint density at radius 1 is 1.50 bits per heavy atom. The number of hydrogen-bond donors (Lipinski definition) is 0. The van der Waals surface area contributed by atoms with Crippen molar-refractivity contribution in [3.05, 3.63) is 24.0 Å². The zero-order valence-electron chi connectivity index (χ0n) is 9.30. The molecule has 0 aliphatic heterocycles. The van der Waals surface area contributed by atoms with E-state index in [4.69, 9.17) is 4.74 Å². The first kappa shape index (κ1) is 12.6. The van der Waals surface area contributed by atoms with Gasteiger partial charge in [-0.05, 0) is 19.1 Å². The normalized spacial score (nSPS) is 13.2. The van der Waals surface area contributed by atoms with Gasteiger partial charge in [-0.25, -0.2) is 13.4 Å². The lowest BCUT2D eigenvalue weighted by Gasteiger charge is -2.10. The third-order valence-corrected chi connectivity index (χ3v) is 3.73. The maximum atomic E-state index is 11.8. The second-order valence-corrected chi connectivity index (χ2v) is 5.76. The number of rotatable bonds is 4. The van der Waals surface area contributed by atoms with Gasteiger partial charge in [-0.2, -0.15) is 0 Å². The van der Waals surface area contributed by atoms with Crippen molar-refractivity contribution < 1.29 is 17.9 Å². The highest BCUT2D eigenvalue weighted by Crippen LogP contribution is 2.18. The van der Waals surface area contributed by atoms with Crippen LogP contribution in [0.5, 0.6) is 5.75 Å². The molecular weight excluding hydrogens is 230 g/mol. The number of methoxy groups -OCH3 is 1. The molecule has 0 saturated heterocycles. The summed E-state index contributed by atoms with van der Waals surface area (Å²) in [6.07, 6.45) is 2.44. The van der Waals surface area contributed by atoms with Gasteiger partial charge < -0.3 is 4.74 Å².